The topological polar surface area (TPSA) is 61.9 Å². The van der Waals surface area contributed by atoms with Crippen molar-refractivity contribution >= 4 is 23.3 Å². The van der Waals surface area contributed by atoms with Crippen LogP contribution in [0.5, 0.6) is 5.75 Å². The highest BCUT2D eigenvalue weighted by Crippen LogP contribution is 2.25. The minimum atomic E-state index is -0.675. The molecule has 0 aromatic heterocycles. The van der Waals surface area contributed by atoms with Gasteiger partial charge in [0.15, 0.2) is 6.61 Å². The summed E-state index contributed by atoms with van der Waals surface area (Å²) in [5.41, 5.74) is 1.55. The molecule has 0 aliphatic carbocycles. The van der Waals surface area contributed by atoms with Crippen molar-refractivity contribution in [1.82, 2.24) is 4.90 Å². The van der Waals surface area contributed by atoms with Crippen LogP contribution in [0, 0.1) is 11.6 Å². The number of anilines is 2. The van der Waals surface area contributed by atoms with Gasteiger partial charge in [-0.15, -0.1) is 0 Å². The van der Waals surface area contributed by atoms with Gasteiger partial charge in [-0.3, -0.25) is 9.69 Å². The second-order valence-corrected chi connectivity index (χ2v) is 7.69. The molecule has 1 saturated heterocycles. The molecule has 0 unspecified atom stereocenters. The Morgan fingerprint density at radius 1 is 0.939 bits per heavy atom. The number of halogens is 2. The van der Waals surface area contributed by atoms with Crippen LogP contribution >= 0.6 is 0 Å². The second-order valence-electron chi connectivity index (χ2n) is 7.69. The highest BCUT2D eigenvalue weighted by atomic mass is 19.1. The zero-order valence-electron chi connectivity index (χ0n) is 17.8. The predicted octanol–water partition coefficient (Wildman–Crippen LogP) is 4.81. The Morgan fingerprint density at radius 3 is 2.45 bits per heavy atom. The van der Waals surface area contributed by atoms with Crippen LogP contribution in [-0.4, -0.2) is 36.5 Å². The van der Waals surface area contributed by atoms with Crippen LogP contribution in [0.15, 0.2) is 72.8 Å². The molecule has 0 radical (unpaired) electrons. The normalized spacial score (nSPS) is 13.7. The lowest BCUT2D eigenvalue weighted by Crippen LogP contribution is -2.49. The number of amides is 3. The van der Waals surface area contributed by atoms with Gasteiger partial charge in [0, 0.05) is 37.1 Å². The number of carbonyl (C=O) groups excluding carboxylic acids is 2. The van der Waals surface area contributed by atoms with Gasteiger partial charge in [-0.25, -0.2) is 13.6 Å². The Labute approximate surface area is 190 Å². The Morgan fingerprint density at radius 2 is 1.70 bits per heavy atom. The molecule has 6 nitrogen and oxygen atoms in total. The van der Waals surface area contributed by atoms with Gasteiger partial charge in [0.1, 0.15) is 17.4 Å². The van der Waals surface area contributed by atoms with Crippen LogP contribution in [0.4, 0.5) is 25.0 Å². The van der Waals surface area contributed by atoms with Gasteiger partial charge in [0.05, 0.1) is 0 Å². The van der Waals surface area contributed by atoms with Crippen molar-refractivity contribution in [3.8, 4) is 5.75 Å². The number of carbonyl (C=O) groups is 2. The molecular weight excluding hydrogens is 428 g/mol. The minimum absolute atomic E-state index is 0.108. The van der Waals surface area contributed by atoms with Gasteiger partial charge >= 0.3 is 6.03 Å². The number of hydrogen-bond donors (Lipinski definition) is 1. The van der Waals surface area contributed by atoms with E-state index >= 15 is 0 Å². The van der Waals surface area contributed by atoms with E-state index in [-0.39, 0.29) is 25.1 Å². The number of nitrogens with zero attached hydrogens (tertiary/aromatic N) is 2. The smallest absolute Gasteiger partial charge is 0.324 e. The van der Waals surface area contributed by atoms with Gasteiger partial charge in [0.2, 0.25) is 0 Å². The Kier molecular flexibility index (Phi) is 6.83. The number of urea groups is 1. The maximum Gasteiger partial charge on any atom is 0.324 e. The molecule has 170 valence electrons. The lowest BCUT2D eigenvalue weighted by atomic mass is 10.1. The summed E-state index contributed by atoms with van der Waals surface area (Å²) in [7, 11) is 0. The van der Waals surface area contributed by atoms with Crippen molar-refractivity contribution in [2.45, 2.75) is 13.0 Å². The first kappa shape index (κ1) is 22.3. The summed E-state index contributed by atoms with van der Waals surface area (Å²) in [4.78, 5) is 28.5. The van der Waals surface area contributed by atoms with Gasteiger partial charge < -0.3 is 15.0 Å². The van der Waals surface area contributed by atoms with Crippen LogP contribution in [0.25, 0.3) is 0 Å². The second kappa shape index (κ2) is 10.1. The first-order valence-electron chi connectivity index (χ1n) is 10.6. The van der Waals surface area contributed by atoms with E-state index in [4.69, 9.17) is 4.74 Å². The molecule has 1 aliphatic rings. The van der Waals surface area contributed by atoms with Crippen molar-refractivity contribution < 1.29 is 23.1 Å². The first-order valence-corrected chi connectivity index (χ1v) is 10.6. The molecule has 1 aliphatic heterocycles. The summed E-state index contributed by atoms with van der Waals surface area (Å²) in [6.07, 6.45) is 0.699. The van der Waals surface area contributed by atoms with Crippen molar-refractivity contribution in [3.05, 3.63) is 90.0 Å². The van der Waals surface area contributed by atoms with Crippen LogP contribution in [0.1, 0.15) is 12.0 Å². The number of rotatable bonds is 7. The maximum absolute atomic E-state index is 13.5. The molecule has 0 atom stereocenters. The fraction of sp³-hybridized carbons (Fsp3) is 0.200. The van der Waals surface area contributed by atoms with E-state index < -0.39 is 11.6 Å². The van der Waals surface area contributed by atoms with E-state index in [0.29, 0.717) is 42.2 Å². The van der Waals surface area contributed by atoms with Crippen LogP contribution in [-0.2, 0) is 11.3 Å². The Balaban J connectivity index is 1.40. The van der Waals surface area contributed by atoms with E-state index in [2.05, 4.69) is 5.32 Å². The summed E-state index contributed by atoms with van der Waals surface area (Å²) in [5, 5.41) is 2.77. The van der Waals surface area contributed by atoms with Crippen molar-refractivity contribution in [3.63, 3.8) is 0 Å². The summed E-state index contributed by atoms with van der Waals surface area (Å²) >= 11 is 0. The molecule has 3 aromatic rings. The van der Waals surface area contributed by atoms with Crippen molar-refractivity contribution in [1.29, 1.82) is 0 Å². The van der Waals surface area contributed by atoms with Crippen LogP contribution in [0.2, 0.25) is 0 Å². The Hall–Kier alpha value is -3.94. The van der Waals surface area contributed by atoms with E-state index in [0.717, 1.165) is 6.07 Å². The molecule has 33 heavy (non-hydrogen) atoms. The maximum atomic E-state index is 13.5. The SMILES string of the molecule is O=C(COc1ccccc1)Nc1cccc(N2CCCN(Cc3cc(F)cc(F)c3)C2=O)c1. The molecular formula is C25H23F2N3O3. The van der Waals surface area contributed by atoms with Gasteiger partial charge in [-0.1, -0.05) is 24.3 Å². The van der Waals surface area contributed by atoms with E-state index in [9.17, 15) is 18.4 Å². The summed E-state index contributed by atoms with van der Waals surface area (Å²) < 4.78 is 32.5. The molecule has 3 amide bonds. The van der Waals surface area contributed by atoms with Crippen LogP contribution < -0.4 is 15.0 Å². The molecule has 1 heterocycles. The quantitative estimate of drug-likeness (QED) is 0.561. The average molecular weight is 451 g/mol. The molecule has 8 heteroatoms. The molecule has 0 spiro atoms. The molecule has 0 bridgehead atoms. The predicted molar refractivity (Wildman–Crippen MR) is 121 cm³/mol. The molecule has 1 N–H and O–H groups in total. The molecule has 1 fully saturated rings. The highest BCUT2D eigenvalue weighted by molar-refractivity contribution is 5.95. The standard InChI is InChI=1S/C25H23F2N3O3/c26-19-12-18(13-20(27)14-19)16-29-10-5-11-30(25(29)32)22-7-4-6-21(15-22)28-24(31)17-33-23-8-2-1-3-9-23/h1-4,6-9,12-15H,5,10-11,16-17H2,(H,28,31). The third-order valence-corrected chi connectivity index (χ3v) is 5.16. The number of benzene rings is 3. The lowest BCUT2D eigenvalue weighted by molar-refractivity contribution is -0.118. The monoisotopic (exact) mass is 451 g/mol. The zero-order valence-corrected chi connectivity index (χ0v) is 17.8. The highest BCUT2D eigenvalue weighted by Gasteiger charge is 2.27. The molecule has 3 aromatic carbocycles. The van der Waals surface area contributed by atoms with E-state index in [1.807, 2.05) is 18.2 Å². The Bertz CT molecular complexity index is 1120. The third kappa shape index (κ3) is 5.85. The fourth-order valence-electron chi connectivity index (χ4n) is 3.70. The number of hydrogen-bond acceptors (Lipinski definition) is 3. The largest absolute Gasteiger partial charge is 0.484 e. The summed E-state index contributed by atoms with van der Waals surface area (Å²) in [5.74, 6) is -1.08. The van der Waals surface area contributed by atoms with Gasteiger partial charge in [0.25, 0.3) is 5.91 Å². The summed E-state index contributed by atoms with van der Waals surface area (Å²) in [6.45, 7) is 0.953. The van der Waals surface area contributed by atoms with Gasteiger partial charge in [-0.05, 0) is 54.4 Å². The first-order chi connectivity index (χ1) is 16.0. The molecule has 4 rings (SSSR count). The summed E-state index contributed by atoms with van der Waals surface area (Å²) in [6, 6.07) is 19.0. The average Bonchev–Trinajstić information content (AvgIpc) is 2.79. The minimum Gasteiger partial charge on any atom is -0.484 e. The zero-order chi connectivity index (χ0) is 23.2. The van der Waals surface area contributed by atoms with E-state index in [1.54, 1.807) is 46.2 Å². The van der Waals surface area contributed by atoms with Crippen molar-refractivity contribution in [2.75, 3.05) is 29.9 Å². The van der Waals surface area contributed by atoms with Gasteiger partial charge in [-0.2, -0.15) is 0 Å². The van der Waals surface area contributed by atoms with Crippen molar-refractivity contribution in [2.24, 2.45) is 0 Å². The number of para-hydroxylation sites is 1. The fourth-order valence-corrected chi connectivity index (χ4v) is 3.70. The van der Waals surface area contributed by atoms with E-state index in [1.165, 1.54) is 12.1 Å². The van der Waals surface area contributed by atoms with Crippen LogP contribution in [0.3, 0.4) is 0 Å². The lowest BCUT2D eigenvalue weighted by Gasteiger charge is -2.36. The number of nitrogens with one attached hydrogen (secondary N) is 1. The molecule has 0 saturated carbocycles. The third-order valence-electron chi connectivity index (χ3n) is 5.16. The number of ether oxygens (including phenoxy) is 1.